The number of anilines is 2. The number of rotatable bonds is 6. The molecule has 6 nitrogen and oxygen atoms in total. The smallest absolute Gasteiger partial charge is 0.253 e. The fraction of sp³-hybridized carbons (Fsp3) is 0.370. The molecule has 2 saturated heterocycles. The molecule has 5 rings (SSSR count). The molecule has 0 N–H and O–H groups in total. The van der Waals surface area contributed by atoms with Crippen LogP contribution in [0.15, 0.2) is 59.8 Å². The average molecular weight is 508 g/mol. The second-order valence-corrected chi connectivity index (χ2v) is 10.4. The first-order valence-electron chi connectivity index (χ1n) is 12.2. The quantitative estimate of drug-likeness (QED) is 0.256. The number of likely N-dealkylation sites (tertiary alicyclic amines) is 1. The molecule has 0 spiro atoms. The molecule has 2 fully saturated rings. The maximum absolute atomic E-state index is 12.7. The first-order valence-corrected chi connectivity index (χ1v) is 13.5. The molecular formula is C27H30ClN5OS. The Balaban J connectivity index is 1.22. The molecule has 2 aliphatic heterocycles. The highest BCUT2D eigenvalue weighted by Gasteiger charge is 2.21. The van der Waals surface area contributed by atoms with Crippen molar-refractivity contribution in [1.29, 1.82) is 0 Å². The van der Waals surface area contributed by atoms with E-state index in [0.717, 1.165) is 69.1 Å². The Morgan fingerprint density at radius 2 is 1.66 bits per heavy atom. The summed E-state index contributed by atoms with van der Waals surface area (Å²) in [4.78, 5) is 28.6. The van der Waals surface area contributed by atoms with E-state index in [-0.39, 0.29) is 5.91 Å². The van der Waals surface area contributed by atoms with E-state index in [2.05, 4.69) is 46.0 Å². The molecule has 2 aliphatic rings. The van der Waals surface area contributed by atoms with Crippen LogP contribution in [0.5, 0.6) is 0 Å². The van der Waals surface area contributed by atoms with Crippen molar-refractivity contribution in [3.63, 3.8) is 0 Å². The van der Waals surface area contributed by atoms with Gasteiger partial charge in [0, 0.05) is 62.3 Å². The van der Waals surface area contributed by atoms with Crippen LogP contribution in [-0.4, -0.2) is 60.0 Å². The zero-order chi connectivity index (χ0) is 24.2. The number of halogens is 1. The molecule has 0 saturated carbocycles. The van der Waals surface area contributed by atoms with Crippen LogP contribution in [0.2, 0.25) is 5.15 Å². The van der Waals surface area contributed by atoms with E-state index in [1.165, 1.54) is 11.3 Å². The van der Waals surface area contributed by atoms with Crippen LogP contribution in [0.1, 0.15) is 34.3 Å². The summed E-state index contributed by atoms with van der Waals surface area (Å²) in [5.41, 5.74) is 4.44. The van der Waals surface area contributed by atoms with Crippen molar-refractivity contribution < 1.29 is 4.79 Å². The highest BCUT2D eigenvalue weighted by atomic mass is 35.5. The lowest BCUT2D eigenvalue weighted by atomic mass is 10.1. The number of para-hydroxylation sites is 1. The number of carbonyl (C=O) groups excluding carboxylic acids is 1. The number of nitrogens with zero attached hydrogens (tertiary/aromatic N) is 5. The topological polar surface area (TPSA) is 52.6 Å². The maximum Gasteiger partial charge on any atom is 0.253 e. The monoisotopic (exact) mass is 507 g/mol. The molecule has 1 amide bonds. The summed E-state index contributed by atoms with van der Waals surface area (Å²) >= 11 is 7.93. The van der Waals surface area contributed by atoms with Gasteiger partial charge in [0.25, 0.3) is 5.91 Å². The number of thioether (sulfide) groups is 1. The van der Waals surface area contributed by atoms with Crippen LogP contribution in [0.25, 0.3) is 0 Å². The normalized spacial score (nSPS) is 16.1. The van der Waals surface area contributed by atoms with E-state index in [1.807, 2.05) is 35.2 Å². The van der Waals surface area contributed by atoms with Crippen LogP contribution in [0.4, 0.5) is 11.5 Å². The molecule has 0 unspecified atom stereocenters. The Morgan fingerprint density at radius 1 is 0.914 bits per heavy atom. The summed E-state index contributed by atoms with van der Waals surface area (Å²) < 4.78 is 0. The summed E-state index contributed by atoms with van der Waals surface area (Å²) in [6, 6.07) is 18.3. The number of piperazine rings is 1. The SMILES string of the molecule is Cc1ccccc1N1CCN(c2cc(Cl)nc(SCc3cccc(C(=O)N4CCCC4)c3)n2)CC1. The van der Waals surface area contributed by atoms with E-state index < -0.39 is 0 Å². The molecule has 3 aromatic rings. The van der Waals surface area contributed by atoms with Crippen molar-refractivity contribution >= 4 is 40.8 Å². The molecule has 0 atom stereocenters. The van der Waals surface area contributed by atoms with Gasteiger partial charge in [-0.05, 0) is 49.1 Å². The Kier molecular flexibility index (Phi) is 7.44. The molecule has 3 heterocycles. The first kappa shape index (κ1) is 23.9. The summed E-state index contributed by atoms with van der Waals surface area (Å²) in [6.07, 6.45) is 2.19. The average Bonchev–Trinajstić information content (AvgIpc) is 3.42. The highest BCUT2D eigenvalue weighted by Crippen LogP contribution is 2.27. The maximum atomic E-state index is 12.7. The lowest BCUT2D eigenvalue weighted by Crippen LogP contribution is -2.47. The van der Waals surface area contributed by atoms with Gasteiger partial charge in [0.15, 0.2) is 5.16 Å². The van der Waals surface area contributed by atoms with Crippen LogP contribution < -0.4 is 9.80 Å². The van der Waals surface area contributed by atoms with E-state index in [1.54, 1.807) is 11.8 Å². The summed E-state index contributed by atoms with van der Waals surface area (Å²) in [7, 11) is 0. The van der Waals surface area contributed by atoms with Crippen molar-refractivity contribution in [2.75, 3.05) is 49.1 Å². The van der Waals surface area contributed by atoms with Gasteiger partial charge in [-0.1, -0.05) is 53.7 Å². The molecule has 0 bridgehead atoms. The summed E-state index contributed by atoms with van der Waals surface area (Å²) in [5, 5.41) is 1.11. The standard InChI is InChI=1S/C27H30ClN5OS/c1-20-7-2-3-10-23(20)31-13-15-32(16-14-31)25-18-24(28)29-27(30-25)35-19-21-8-6-9-22(17-21)26(34)33-11-4-5-12-33/h2-3,6-10,17-18H,4-5,11-16,19H2,1H3. The Hall–Kier alpha value is -2.77. The lowest BCUT2D eigenvalue weighted by molar-refractivity contribution is 0.0792. The van der Waals surface area contributed by atoms with E-state index in [0.29, 0.717) is 16.1 Å². The molecule has 0 aliphatic carbocycles. The van der Waals surface area contributed by atoms with Crippen molar-refractivity contribution in [2.45, 2.75) is 30.7 Å². The fourth-order valence-electron chi connectivity index (χ4n) is 4.75. The Morgan fingerprint density at radius 3 is 2.43 bits per heavy atom. The number of hydrogen-bond acceptors (Lipinski definition) is 6. The lowest BCUT2D eigenvalue weighted by Gasteiger charge is -2.37. The second kappa shape index (κ2) is 10.9. The number of hydrogen-bond donors (Lipinski definition) is 0. The molecule has 1 aromatic heterocycles. The summed E-state index contributed by atoms with van der Waals surface area (Å²) in [6.45, 7) is 7.51. The number of amides is 1. The van der Waals surface area contributed by atoms with Gasteiger partial charge in [-0.3, -0.25) is 4.79 Å². The van der Waals surface area contributed by atoms with Crippen molar-refractivity contribution in [1.82, 2.24) is 14.9 Å². The number of carbonyl (C=O) groups is 1. The molecular weight excluding hydrogens is 478 g/mol. The van der Waals surface area contributed by atoms with Crippen LogP contribution in [0.3, 0.4) is 0 Å². The Labute approximate surface area is 216 Å². The van der Waals surface area contributed by atoms with Crippen molar-refractivity contribution in [3.05, 3.63) is 76.4 Å². The van der Waals surface area contributed by atoms with Gasteiger partial charge in [-0.25, -0.2) is 9.97 Å². The van der Waals surface area contributed by atoms with Gasteiger partial charge >= 0.3 is 0 Å². The number of aromatic nitrogens is 2. The van der Waals surface area contributed by atoms with Crippen LogP contribution in [0, 0.1) is 6.92 Å². The van der Waals surface area contributed by atoms with Gasteiger partial charge in [0.2, 0.25) is 0 Å². The largest absolute Gasteiger partial charge is 0.368 e. The summed E-state index contributed by atoms with van der Waals surface area (Å²) in [5.74, 6) is 1.68. The molecule has 8 heteroatoms. The minimum absolute atomic E-state index is 0.125. The van der Waals surface area contributed by atoms with Gasteiger partial charge in [-0.15, -0.1) is 0 Å². The van der Waals surface area contributed by atoms with Gasteiger partial charge in [0.05, 0.1) is 0 Å². The van der Waals surface area contributed by atoms with E-state index in [4.69, 9.17) is 16.6 Å². The Bertz CT molecular complexity index is 1190. The predicted octanol–water partition coefficient (Wildman–Crippen LogP) is 5.29. The second-order valence-electron chi connectivity index (χ2n) is 9.08. The molecule has 2 aromatic carbocycles. The zero-order valence-corrected chi connectivity index (χ0v) is 21.6. The predicted molar refractivity (Wildman–Crippen MR) is 144 cm³/mol. The van der Waals surface area contributed by atoms with Gasteiger partial charge < -0.3 is 14.7 Å². The first-order chi connectivity index (χ1) is 17.1. The number of benzene rings is 2. The fourth-order valence-corrected chi connectivity index (χ4v) is 5.78. The molecule has 0 radical (unpaired) electrons. The van der Waals surface area contributed by atoms with Crippen molar-refractivity contribution in [3.8, 4) is 0 Å². The minimum atomic E-state index is 0.125. The van der Waals surface area contributed by atoms with Crippen LogP contribution >= 0.6 is 23.4 Å². The van der Waals surface area contributed by atoms with Gasteiger partial charge in [0.1, 0.15) is 11.0 Å². The molecule has 35 heavy (non-hydrogen) atoms. The third-order valence-electron chi connectivity index (χ3n) is 6.66. The van der Waals surface area contributed by atoms with Crippen molar-refractivity contribution in [2.24, 2.45) is 0 Å². The van der Waals surface area contributed by atoms with E-state index in [9.17, 15) is 4.79 Å². The minimum Gasteiger partial charge on any atom is -0.368 e. The highest BCUT2D eigenvalue weighted by molar-refractivity contribution is 7.98. The number of aryl methyl sites for hydroxylation is 1. The molecule has 182 valence electrons. The van der Waals surface area contributed by atoms with Gasteiger partial charge in [-0.2, -0.15) is 0 Å². The third-order valence-corrected chi connectivity index (χ3v) is 7.77. The van der Waals surface area contributed by atoms with Crippen LogP contribution in [-0.2, 0) is 5.75 Å². The van der Waals surface area contributed by atoms with E-state index >= 15 is 0 Å². The zero-order valence-electron chi connectivity index (χ0n) is 20.0. The third kappa shape index (κ3) is 5.73.